The van der Waals surface area contributed by atoms with E-state index in [1.807, 2.05) is 10.9 Å². The molecule has 5 rings (SSSR count). The summed E-state index contributed by atoms with van der Waals surface area (Å²) in [7, 11) is 0. The second-order valence-electron chi connectivity index (χ2n) is 8.39. The lowest BCUT2D eigenvalue weighted by Crippen LogP contribution is -2.46. The van der Waals surface area contributed by atoms with Gasteiger partial charge < -0.3 is 10.0 Å². The molecule has 1 N–H and O–H groups in total. The van der Waals surface area contributed by atoms with E-state index >= 15 is 0 Å². The SMILES string of the molecule is Cl.O[C@@H]1CCC[C@H]1n1cc(CN2CCN(c3nccnc3-c3ccc(F)cc3)CC2)cn1. The van der Waals surface area contributed by atoms with Gasteiger partial charge in [0.25, 0.3) is 0 Å². The lowest BCUT2D eigenvalue weighted by molar-refractivity contribution is 0.130. The van der Waals surface area contributed by atoms with Crippen molar-refractivity contribution in [2.75, 3.05) is 31.1 Å². The van der Waals surface area contributed by atoms with Gasteiger partial charge in [-0.1, -0.05) is 0 Å². The molecule has 1 saturated heterocycles. The molecule has 0 unspecified atom stereocenters. The molecule has 3 aromatic rings. The third-order valence-corrected chi connectivity index (χ3v) is 6.31. The molecule has 7 nitrogen and oxygen atoms in total. The van der Waals surface area contributed by atoms with Gasteiger partial charge >= 0.3 is 0 Å². The minimum Gasteiger partial charge on any atom is -0.391 e. The van der Waals surface area contributed by atoms with E-state index < -0.39 is 0 Å². The molecule has 2 fully saturated rings. The molecule has 0 radical (unpaired) electrons. The Bertz CT molecular complexity index is 1020. The molecule has 0 amide bonds. The van der Waals surface area contributed by atoms with Crippen LogP contribution in [0.2, 0.25) is 0 Å². The summed E-state index contributed by atoms with van der Waals surface area (Å²) >= 11 is 0. The van der Waals surface area contributed by atoms with Gasteiger partial charge in [-0.25, -0.2) is 9.37 Å². The van der Waals surface area contributed by atoms with Crippen molar-refractivity contribution in [1.82, 2.24) is 24.6 Å². The zero-order valence-corrected chi connectivity index (χ0v) is 18.7. The number of aliphatic hydroxyl groups excluding tert-OH is 1. The molecular formula is C23H28ClFN6O. The summed E-state index contributed by atoms with van der Waals surface area (Å²) < 4.78 is 15.3. The van der Waals surface area contributed by atoms with Crippen molar-refractivity contribution in [3.63, 3.8) is 0 Å². The van der Waals surface area contributed by atoms with Gasteiger partial charge in [-0.15, -0.1) is 12.4 Å². The molecular weight excluding hydrogens is 431 g/mol. The van der Waals surface area contributed by atoms with Crippen molar-refractivity contribution in [1.29, 1.82) is 0 Å². The maximum Gasteiger partial charge on any atom is 0.155 e. The average Bonchev–Trinajstić information content (AvgIpc) is 3.43. The maximum atomic E-state index is 13.3. The van der Waals surface area contributed by atoms with Crippen LogP contribution in [0.1, 0.15) is 30.9 Å². The van der Waals surface area contributed by atoms with E-state index in [-0.39, 0.29) is 30.4 Å². The van der Waals surface area contributed by atoms with Gasteiger partial charge in [0.2, 0.25) is 0 Å². The number of halogens is 2. The number of hydrogen-bond acceptors (Lipinski definition) is 6. The van der Waals surface area contributed by atoms with Crippen molar-refractivity contribution in [3.8, 4) is 11.3 Å². The summed E-state index contributed by atoms with van der Waals surface area (Å²) in [5, 5.41) is 14.6. The standard InChI is InChI=1S/C23H27FN6O.ClH/c24-19-6-4-18(5-7-19)22-23(26-9-8-25-22)29-12-10-28(11-13-29)15-17-14-27-30(16-17)20-2-1-3-21(20)31;/h4-9,14,16,20-21,31H,1-3,10-13,15H2;1H/t20-,21-;/m1./s1. The average molecular weight is 459 g/mol. The molecule has 2 aliphatic rings. The van der Waals surface area contributed by atoms with E-state index in [0.717, 1.165) is 69.1 Å². The van der Waals surface area contributed by atoms with Gasteiger partial charge in [-0.05, 0) is 43.5 Å². The van der Waals surface area contributed by atoms with E-state index in [0.29, 0.717) is 0 Å². The second-order valence-corrected chi connectivity index (χ2v) is 8.39. The number of rotatable bonds is 5. The van der Waals surface area contributed by atoms with Crippen LogP contribution in [0.3, 0.4) is 0 Å². The predicted octanol–water partition coefficient (Wildman–Crippen LogP) is 3.31. The molecule has 1 aliphatic carbocycles. The van der Waals surface area contributed by atoms with Crippen LogP contribution < -0.4 is 4.90 Å². The van der Waals surface area contributed by atoms with Crippen molar-refractivity contribution >= 4 is 18.2 Å². The predicted molar refractivity (Wildman–Crippen MR) is 123 cm³/mol. The van der Waals surface area contributed by atoms with Gasteiger partial charge in [-0.3, -0.25) is 14.6 Å². The Kier molecular flexibility index (Phi) is 7.03. The zero-order chi connectivity index (χ0) is 21.2. The van der Waals surface area contributed by atoms with Crippen molar-refractivity contribution in [2.24, 2.45) is 0 Å². The normalized spacial score (nSPS) is 21.5. The summed E-state index contributed by atoms with van der Waals surface area (Å²) in [6.45, 7) is 4.38. The number of aromatic nitrogens is 4. The first kappa shape index (κ1) is 22.6. The fraction of sp³-hybridized carbons (Fsp3) is 0.435. The first-order valence-corrected chi connectivity index (χ1v) is 10.9. The molecule has 9 heteroatoms. The highest BCUT2D eigenvalue weighted by molar-refractivity contribution is 5.85. The summed E-state index contributed by atoms with van der Waals surface area (Å²) in [4.78, 5) is 13.8. The minimum absolute atomic E-state index is 0. The van der Waals surface area contributed by atoms with E-state index in [2.05, 4.69) is 31.1 Å². The molecule has 1 saturated carbocycles. The van der Waals surface area contributed by atoms with Crippen molar-refractivity contribution in [3.05, 3.63) is 60.4 Å². The molecule has 1 aliphatic heterocycles. The largest absolute Gasteiger partial charge is 0.391 e. The highest BCUT2D eigenvalue weighted by Gasteiger charge is 2.28. The molecule has 0 spiro atoms. The maximum absolute atomic E-state index is 13.3. The quantitative estimate of drug-likeness (QED) is 0.632. The molecule has 1 aromatic carbocycles. The van der Waals surface area contributed by atoms with Crippen LogP contribution >= 0.6 is 12.4 Å². The van der Waals surface area contributed by atoms with Crippen LogP contribution in [0.4, 0.5) is 10.2 Å². The van der Waals surface area contributed by atoms with Crippen LogP contribution in [0.25, 0.3) is 11.3 Å². The molecule has 3 heterocycles. The third-order valence-electron chi connectivity index (χ3n) is 6.31. The Balaban J connectivity index is 0.00000245. The van der Waals surface area contributed by atoms with Gasteiger partial charge in [0.15, 0.2) is 5.82 Å². The number of hydrogen-bond donors (Lipinski definition) is 1. The second kappa shape index (κ2) is 9.94. The Morgan fingerprint density at radius 2 is 1.75 bits per heavy atom. The van der Waals surface area contributed by atoms with Crippen LogP contribution in [0.5, 0.6) is 0 Å². The number of piperazine rings is 1. The van der Waals surface area contributed by atoms with Gasteiger partial charge in [0, 0.05) is 62.4 Å². The van der Waals surface area contributed by atoms with Gasteiger partial charge in [-0.2, -0.15) is 5.10 Å². The number of benzene rings is 1. The Hall–Kier alpha value is -2.55. The Morgan fingerprint density at radius 3 is 2.47 bits per heavy atom. The van der Waals surface area contributed by atoms with Crippen molar-refractivity contribution in [2.45, 2.75) is 38.0 Å². The summed E-state index contributed by atoms with van der Waals surface area (Å²) in [6, 6.07) is 6.52. The minimum atomic E-state index is -0.279. The van der Waals surface area contributed by atoms with Crippen LogP contribution in [0.15, 0.2) is 49.1 Å². The molecule has 32 heavy (non-hydrogen) atoms. The number of anilines is 1. The molecule has 2 atom stereocenters. The van der Waals surface area contributed by atoms with E-state index in [4.69, 9.17) is 0 Å². The summed E-state index contributed by atoms with van der Waals surface area (Å²) in [5.74, 6) is 0.588. The van der Waals surface area contributed by atoms with E-state index in [1.165, 1.54) is 17.7 Å². The smallest absolute Gasteiger partial charge is 0.155 e. The van der Waals surface area contributed by atoms with Crippen LogP contribution in [-0.2, 0) is 6.54 Å². The number of aliphatic hydroxyl groups is 1. The molecule has 0 bridgehead atoms. The third kappa shape index (κ3) is 4.77. The fourth-order valence-electron chi connectivity index (χ4n) is 4.62. The highest BCUT2D eigenvalue weighted by Crippen LogP contribution is 2.30. The summed E-state index contributed by atoms with van der Waals surface area (Å²) in [6.07, 6.45) is 10.0. The van der Waals surface area contributed by atoms with Gasteiger partial charge in [0.1, 0.15) is 11.5 Å². The fourth-order valence-corrected chi connectivity index (χ4v) is 4.62. The first-order valence-electron chi connectivity index (χ1n) is 10.9. The first-order chi connectivity index (χ1) is 15.2. The Labute approximate surface area is 193 Å². The molecule has 170 valence electrons. The van der Waals surface area contributed by atoms with Crippen molar-refractivity contribution < 1.29 is 9.50 Å². The summed E-state index contributed by atoms with van der Waals surface area (Å²) in [5.41, 5.74) is 2.83. The molecule has 2 aromatic heterocycles. The highest BCUT2D eigenvalue weighted by atomic mass is 35.5. The monoisotopic (exact) mass is 458 g/mol. The Morgan fingerprint density at radius 1 is 1.00 bits per heavy atom. The zero-order valence-electron chi connectivity index (χ0n) is 17.8. The van der Waals surface area contributed by atoms with Crippen LogP contribution in [0, 0.1) is 5.82 Å². The van der Waals surface area contributed by atoms with Crippen LogP contribution in [-0.4, -0.2) is 62.0 Å². The topological polar surface area (TPSA) is 70.3 Å². The van der Waals surface area contributed by atoms with E-state index in [1.54, 1.807) is 24.5 Å². The lowest BCUT2D eigenvalue weighted by atomic mass is 10.1. The van der Waals surface area contributed by atoms with E-state index in [9.17, 15) is 9.50 Å². The van der Waals surface area contributed by atoms with Gasteiger partial charge in [0.05, 0.1) is 18.3 Å². The lowest BCUT2D eigenvalue weighted by Gasteiger charge is -2.35. The number of nitrogens with zero attached hydrogens (tertiary/aromatic N) is 6.